The molecule has 0 radical (unpaired) electrons. The van der Waals surface area contributed by atoms with Gasteiger partial charge in [-0.3, -0.25) is 9.53 Å². The molecule has 1 rings (SSSR count). The van der Waals surface area contributed by atoms with E-state index in [2.05, 4.69) is 24.1 Å². The zero-order chi connectivity index (χ0) is 12.0. The Hall–Kier alpha value is -1.11. The third kappa shape index (κ3) is 3.80. The van der Waals surface area contributed by atoms with Crippen molar-refractivity contribution in [3.63, 3.8) is 0 Å². The van der Waals surface area contributed by atoms with E-state index in [1.54, 1.807) is 6.26 Å². The number of hydrogen-bond acceptors (Lipinski definition) is 2. The van der Waals surface area contributed by atoms with Crippen molar-refractivity contribution in [1.82, 2.24) is 5.32 Å². The van der Waals surface area contributed by atoms with Gasteiger partial charge in [-0.2, -0.15) is 0 Å². The van der Waals surface area contributed by atoms with Crippen molar-refractivity contribution in [2.45, 2.75) is 24.8 Å². The molecule has 0 bridgehead atoms. The van der Waals surface area contributed by atoms with E-state index >= 15 is 0 Å². The van der Waals surface area contributed by atoms with Crippen molar-refractivity contribution >= 4 is 10.8 Å². The van der Waals surface area contributed by atoms with Crippen LogP contribution in [0.1, 0.15) is 25.5 Å². The Morgan fingerprint density at radius 2 is 2.00 bits per heavy atom. The molecule has 0 heterocycles. The number of nitrogens with one attached hydrogen (secondary N) is 1. The molecule has 0 aromatic heterocycles. The lowest BCUT2D eigenvalue weighted by Crippen LogP contribution is -2.18. The standard InChI is InChI=1S/C13H17NOS/c1-4-5-10-14-11(2)12-6-8-13(9-7-12)16(3)15/h6-9,11,14H,10H2,1-3H3. The van der Waals surface area contributed by atoms with Crippen molar-refractivity contribution in [2.24, 2.45) is 0 Å². The molecular formula is C13H17NOS. The molecule has 1 aromatic carbocycles. The van der Waals surface area contributed by atoms with Gasteiger partial charge in [0, 0.05) is 28.0 Å². The minimum absolute atomic E-state index is 0.264. The number of benzene rings is 1. The molecule has 0 fully saturated rings. The van der Waals surface area contributed by atoms with Crippen LogP contribution in [0, 0.1) is 11.8 Å². The Morgan fingerprint density at radius 1 is 1.38 bits per heavy atom. The van der Waals surface area contributed by atoms with Crippen LogP contribution in [0.3, 0.4) is 0 Å². The minimum atomic E-state index is -0.900. The molecule has 1 N–H and O–H groups in total. The summed E-state index contributed by atoms with van der Waals surface area (Å²) >= 11 is 0. The fourth-order valence-electron chi connectivity index (χ4n) is 1.36. The van der Waals surface area contributed by atoms with E-state index in [1.165, 1.54) is 5.56 Å². The molecule has 0 amide bonds. The average Bonchev–Trinajstić information content (AvgIpc) is 2.29. The fraction of sp³-hybridized carbons (Fsp3) is 0.385. The Bertz CT molecular complexity index is 414. The van der Waals surface area contributed by atoms with Gasteiger partial charge in [-0.1, -0.05) is 18.1 Å². The van der Waals surface area contributed by atoms with Crippen LogP contribution < -0.4 is 5.32 Å². The van der Waals surface area contributed by atoms with E-state index in [0.717, 1.165) is 4.90 Å². The maximum atomic E-state index is 11.2. The topological polar surface area (TPSA) is 29.1 Å². The summed E-state index contributed by atoms with van der Waals surface area (Å²) in [5.74, 6) is 5.81. The average molecular weight is 235 g/mol. The zero-order valence-electron chi connectivity index (χ0n) is 9.91. The van der Waals surface area contributed by atoms with Crippen LogP contribution in [-0.2, 0) is 10.8 Å². The van der Waals surface area contributed by atoms with Crippen LogP contribution in [0.25, 0.3) is 0 Å². The number of hydrogen-bond donors (Lipinski definition) is 1. The largest absolute Gasteiger partial charge is 0.300 e. The Labute approximate surface area is 99.9 Å². The van der Waals surface area contributed by atoms with Crippen LogP contribution >= 0.6 is 0 Å². The van der Waals surface area contributed by atoms with Gasteiger partial charge in [-0.05, 0) is 31.5 Å². The highest BCUT2D eigenvalue weighted by molar-refractivity contribution is 7.84. The summed E-state index contributed by atoms with van der Waals surface area (Å²) in [6.45, 7) is 4.62. The lowest BCUT2D eigenvalue weighted by atomic mass is 10.1. The van der Waals surface area contributed by atoms with Gasteiger partial charge in [0.15, 0.2) is 0 Å². The van der Waals surface area contributed by atoms with Crippen LogP contribution in [-0.4, -0.2) is 17.0 Å². The molecule has 0 saturated heterocycles. The van der Waals surface area contributed by atoms with E-state index in [0.29, 0.717) is 6.54 Å². The molecule has 0 aliphatic carbocycles. The maximum Gasteiger partial charge on any atom is 0.0581 e. The summed E-state index contributed by atoms with van der Waals surface area (Å²) in [6.07, 6.45) is 1.69. The lowest BCUT2D eigenvalue weighted by Gasteiger charge is -2.12. The summed E-state index contributed by atoms with van der Waals surface area (Å²) in [5, 5.41) is 3.30. The molecule has 0 aliphatic heterocycles. The second-order valence-electron chi connectivity index (χ2n) is 3.55. The highest BCUT2D eigenvalue weighted by atomic mass is 32.2. The highest BCUT2D eigenvalue weighted by Crippen LogP contribution is 2.14. The number of rotatable bonds is 4. The van der Waals surface area contributed by atoms with Gasteiger partial charge >= 0.3 is 0 Å². The van der Waals surface area contributed by atoms with E-state index in [4.69, 9.17) is 0 Å². The van der Waals surface area contributed by atoms with Gasteiger partial charge in [-0.15, -0.1) is 5.92 Å². The monoisotopic (exact) mass is 235 g/mol. The van der Waals surface area contributed by atoms with Crippen molar-refractivity contribution < 1.29 is 4.21 Å². The molecule has 2 atom stereocenters. The van der Waals surface area contributed by atoms with Crippen LogP contribution in [0.4, 0.5) is 0 Å². The highest BCUT2D eigenvalue weighted by Gasteiger charge is 2.04. The normalized spacial score (nSPS) is 13.7. The molecule has 2 nitrogen and oxygen atoms in total. The summed E-state index contributed by atoms with van der Waals surface area (Å²) in [5.41, 5.74) is 1.19. The fourth-order valence-corrected chi connectivity index (χ4v) is 1.88. The summed E-state index contributed by atoms with van der Waals surface area (Å²) in [4.78, 5) is 0.865. The molecular weight excluding hydrogens is 218 g/mol. The van der Waals surface area contributed by atoms with E-state index in [1.807, 2.05) is 31.2 Å². The third-order valence-corrected chi connectivity index (χ3v) is 3.32. The third-order valence-electron chi connectivity index (χ3n) is 2.39. The minimum Gasteiger partial charge on any atom is -0.300 e. The molecule has 86 valence electrons. The van der Waals surface area contributed by atoms with Crippen molar-refractivity contribution in [3.05, 3.63) is 29.8 Å². The van der Waals surface area contributed by atoms with Crippen LogP contribution in [0.2, 0.25) is 0 Å². The van der Waals surface area contributed by atoms with E-state index in [9.17, 15) is 4.21 Å². The summed E-state index contributed by atoms with van der Waals surface area (Å²) < 4.78 is 11.2. The van der Waals surface area contributed by atoms with E-state index in [-0.39, 0.29) is 6.04 Å². The van der Waals surface area contributed by atoms with Gasteiger partial charge in [-0.25, -0.2) is 0 Å². The van der Waals surface area contributed by atoms with Gasteiger partial charge in [0.25, 0.3) is 0 Å². The van der Waals surface area contributed by atoms with Gasteiger partial charge < -0.3 is 0 Å². The predicted octanol–water partition coefficient (Wildman–Crippen LogP) is 2.10. The Kier molecular flexibility index (Phi) is 5.24. The quantitative estimate of drug-likeness (QED) is 0.810. The molecule has 3 heteroatoms. The second kappa shape index (κ2) is 6.47. The first-order valence-corrected chi connectivity index (χ1v) is 6.77. The summed E-state index contributed by atoms with van der Waals surface area (Å²) in [7, 11) is -0.900. The van der Waals surface area contributed by atoms with Crippen molar-refractivity contribution in [3.8, 4) is 11.8 Å². The first-order chi connectivity index (χ1) is 7.65. The first kappa shape index (κ1) is 13.0. The SMILES string of the molecule is CC#CCNC(C)c1ccc(S(C)=O)cc1. The maximum absolute atomic E-state index is 11.2. The molecule has 0 aliphatic rings. The molecule has 2 unspecified atom stereocenters. The second-order valence-corrected chi connectivity index (χ2v) is 4.93. The molecule has 16 heavy (non-hydrogen) atoms. The molecule has 0 spiro atoms. The van der Waals surface area contributed by atoms with Gasteiger partial charge in [0.2, 0.25) is 0 Å². The molecule has 1 aromatic rings. The smallest absolute Gasteiger partial charge is 0.0581 e. The zero-order valence-corrected chi connectivity index (χ0v) is 10.7. The Balaban J connectivity index is 2.65. The lowest BCUT2D eigenvalue weighted by molar-refractivity contribution is 0.622. The van der Waals surface area contributed by atoms with Crippen LogP contribution in [0.5, 0.6) is 0 Å². The summed E-state index contributed by atoms with van der Waals surface area (Å²) in [6, 6.07) is 8.10. The van der Waals surface area contributed by atoms with E-state index < -0.39 is 10.8 Å². The first-order valence-electron chi connectivity index (χ1n) is 5.21. The van der Waals surface area contributed by atoms with Gasteiger partial charge in [0.1, 0.15) is 0 Å². The van der Waals surface area contributed by atoms with Crippen molar-refractivity contribution in [2.75, 3.05) is 12.8 Å². The van der Waals surface area contributed by atoms with Gasteiger partial charge in [0.05, 0.1) is 6.54 Å². The molecule has 0 saturated carbocycles. The Morgan fingerprint density at radius 3 is 2.50 bits per heavy atom. The van der Waals surface area contributed by atoms with Crippen molar-refractivity contribution in [1.29, 1.82) is 0 Å². The predicted molar refractivity (Wildman–Crippen MR) is 68.6 cm³/mol. The van der Waals surface area contributed by atoms with Crippen LogP contribution in [0.15, 0.2) is 29.2 Å².